The number of amides is 1. The lowest BCUT2D eigenvalue weighted by molar-refractivity contribution is -0.130. The fourth-order valence-corrected chi connectivity index (χ4v) is 4.58. The molecule has 0 unspecified atom stereocenters. The highest BCUT2D eigenvalue weighted by molar-refractivity contribution is 8.00. The summed E-state index contributed by atoms with van der Waals surface area (Å²) in [5.74, 6) is 0.970. The van der Waals surface area contributed by atoms with Gasteiger partial charge < -0.3 is 9.80 Å². The number of rotatable bonds is 5. The van der Waals surface area contributed by atoms with Gasteiger partial charge in [-0.15, -0.1) is 10.2 Å². The van der Waals surface area contributed by atoms with Gasteiger partial charge in [0.2, 0.25) is 5.91 Å². The van der Waals surface area contributed by atoms with Crippen molar-refractivity contribution in [1.82, 2.24) is 19.7 Å². The Labute approximate surface area is 175 Å². The number of nitrogens with zero attached hydrogens (tertiary/aromatic N) is 5. The summed E-state index contributed by atoms with van der Waals surface area (Å²) < 4.78 is 2.00. The Hall–Kier alpha value is -2.80. The molecule has 1 atom stereocenters. The molecule has 6 nitrogen and oxygen atoms in total. The molecule has 29 heavy (non-hydrogen) atoms. The first kappa shape index (κ1) is 19.5. The highest BCUT2D eigenvalue weighted by Gasteiger charge is 2.27. The maximum Gasteiger partial charge on any atom is 0.236 e. The quantitative estimate of drug-likeness (QED) is 0.607. The van der Waals surface area contributed by atoms with Gasteiger partial charge in [0.25, 0.3) is 0 Å². The van der Waals surface area contributed by atoms with Crippen molar-refractivity contribution >= 4 is 23.4 Å². The third-order valence-corrected chi connectivity index (χ3v) is 6.18. The Morgan fingerprint density at radius 1 is 0.897 bits per heavy atom. The lowest BCUT2D eigenvalue weighted by atomic mass is 10.2. The van der Waals surface area contributed by atoms with E-state index in [2.05, 4.69) is 39.4 Å². The molecule has 1 amide bonds. The Balaban J connectivity index is 1.40. The molecule has 1 aromatic heterocycles. The largest absolute Gasteiger partial charge is 0.368 e. The van der Waals surface area contributed by atoms with Crippen molar-refractivity contribution in [2.75, 3.05) is 31.1 Å². The van der Waals surface area contributed by atoms with E-state index in [0.29, 0.717) is 0 Å². The Kier molecular flexibility index (Phi) is 5.85. The normalized spacial score (nSPS) is 15.4. The average Bonchev–Trinajstić information content (AvgIpc) is 3.14. The van der Waals surface area contributed by atoms with Gasteiger partial charge >= 0.3 is 0 Å². The predicted octanol–water partition coefficient (Wildman–Crippen LogP) is 3.41. The van der Waals surface area contributed by atoms with E-state index in [0.717, 1.165) is 42.8 Å². The first-order valence-electron chi connectivity index (χ1n) is 9.86. The van der Waals surface area contributed by atoms with E-state index in [1.807, 2.05) is 59.7 Å². The zero-order valence-corrected chi connectivity index (χ0v) is 17.5. The lowest BCUT2D eigenvalue weighted by Crippen LogP contribution is -2.50. The van der Waals surface area contributed by atoms with Crippen LogP contribution in [0.4, 0.5) is 5.69 Å². The van der Waals surface area contributed by atoms with E-state index in [1.54, 1.807) is 0 Å². The van der Waals surface area contributed by atoms with Gasteiger partial charge in [-0.1, -0.05) is 48.2 Å². The van der Waals surface area contributed by atoms with Crippen LogP contribution in [0.3, 0.4) is 0 Å². The first-order valence-corrected chi connectivity index (χ1v) is 10.7. The average molecular weight is 408 g/mol. The number of hydrogen-bond acceptors (Lipinski definition) is 5. The van der Waals surface area contributed by atoms with E-state index in [-0.39, 0.29) is 11.2 Å². The molecular formula is C22H25N5OS. The summed E-state index contributed by atoms with van der Waals surface area (Å²) >= 11 is 1.47. The molecule has 2 heterocycles. The summed E-state index contributed by atoms with van der Waals surface area (Å²) in [6.45, 7) is 7.07. The van der Waals surface area contributed by atoms with Crippen LogP contribution in [-0.4, -0.2) is 57.0 Å². The van der Waals surface area contributed by atoms with Crippen LogP contribution in [-0.2, 0) is 4.79 Å². The van der Waals surface area contributed by atoms with Crippen LogP contribution in [0.2, 0.25) is 0 Å². The summed E-state index contributed by atoms with van der Waals surface area (Å²) in [5.41, 5.74) is 2.22. The summed E-state index contributed by atoms with van der Waals surface area (Å²) in [4.78, 5) is 17.3. The zero-order chi connectivity index (χ0) is 20.2. The van der Waals surface area contributed by atoms with Crippen molar-refractivity contribution in [1.29, 1.82) is 0 Å². The third kappa shape index (κ3) is 4.29. The maximum absolute atomic E-state index is 13.0. The summed E-state index contributed by atoms with van der Waals surface area (Å²) in [5, 5.41) is 9.06. The van der Waals surface area contributed by atoms with Gasteiger partial charge in [0, 0.05) is 37.6 Å². The molecule has 0 bridgehead atoms. The highest BCUT2D eigenvalue weighted by atomic mass is 32.2. The Bertz CT molecular complexity index is 952. The number of thioether (sulfide) groups is 1. The minimum atomic E-state index is -0.218. The van der Waals surface area contributed by atoms with Crippen LogP contribution in [0.5, 0.6) is 0 Å². The molecule has 0 saturated carbocycles. The van der Waals surface area contributed by atoms with E-state index >= 15 is 0 Å². The number of benzene rings is 2. The number of para-hydroxylation sites is 2. The van der Waals surface area contributed by atoms with Gasteiger partial charge in [0.05, 0.1) is 5.25 Å². The number of aromatic nitrogens is 3. The van der Waals surface area contributed by atoms with Crippen molar-refractivity contribution in [3.8, 4) is 5.69 Å². The zero-order valence-electron chi connectivity index (χ0n) is 16.7. The van der Waals surface area contributed by atoms with Crippen LogP contribution in [0, 0.1) is 6.92 Å². The standard InChI is InChI=1S/C22H25N5OS/c1-17(29-22-24-23-18(2)27(22)20-11-7-4-8-12-20)21(28)26-15-13-25(14-16-26)19-9-5-3-6-10-19/h3-12,17H,13-16H2,1-2H3/t17-/m0/s1. The maximum atomic E-state index is 13.0. The van der Waals surface area contributed by atoms with Gasteiger partial charge in [-0.2, -0.15) is 0 Å². The lowest BCUT2D eigenvalue weighted by Gasteiger charge is -2.37. The van der Waals surface area contributed by atoms with Gasteiger partial charge in [0.1, 0.15) is 5.82 Å². The van der Waals surface area contributed by atoms with E-state index in [9.17, 15) is 4.79 Å². The van der Waals surface area contributed by atoms with Crippen molar-refractivity contribution in [2.24, 2.45) is 0 Å². The molecule has 150 valence electrons. The number of piperazine rings is 1. The number of carbonyl (C=O) groups excluding carboxylic acids is 1. The molecule has 0 N–H and O–H groups in total. The molecule has 1 fully saturated rings. The molecular weight excluding hydrogens is 382 g/mol. The van der Waals surface area contributed by atoms with Crippen molar-refractivity contribution in [3.05, 3.63) is 66.5 Å². The van der Waals surface area contributed by atoms with Crippen LogP contribution >= 0.6 is 11.8 Å². The smallest absolute Gasteiger partial charge is 0.236 e. The van der Waals surface area contributed by atoms with Gasteiger partial charge in [-0.3, -0.25) is 9.36 Å². The fraction of sp³-hybridized carbons (Fsp3) is 0.318. The highest BCUT2D eigenvalue weighted by Crippen LogP contribution is 2.27. The monoisotopic (exact) mass is 407 g/mol. The molecule has 0 radical (unpaired) electrons. The molecule has 0 spiro atoms. The molecule has 1 aliphatic heterocycles. The molecule has 4 rings (SSSR count). The van der Waals surface area contributed by atoms with Crippen LogP contribution < -0.4 is 4.90 Å². The van der Waals surface area contributed by atoms with Crippen molar-refractivity contribution in [2.45, 2.75) is 24.3 Å². The topological polar surface area (TPSA) is 54.3 Å². The van der Waals surface area contributed by atoms with E-state index < -0.39 is 0 Å². The van der Waals surface area contributed by atoms with Crippen LogP contribution in [0.15, 0.2) is 65.8 Å². The number of aryl methyl sites for hydroxylation is 1. The van der Waals surface area contributed by atoms with Gasteiger partial charge in [-0.05, 0) is 38.1 Å². The van der Waals surface area contributed by atoms with Gasteiger partial charge in [0.15, 0.2) is 5.16 Å². The van der Waals surface area contributed by atoms with Crippen LogP contribution in [0.25, 0.3) is 5.69 Å². The number of hydrogen-bond donors (Lipinski definition) is 0. The van der Waals surface area contributed by atoms with Crippen LogP contribution in [0.1, 0.15) is 12.7 Å². The SMILES string of the molecule is Cc1nnc(S[C@@H](C)C(=O)N2CCN(c3ccccc3)CC2)n1-c1ccccc1. The second-order valence-corrected chi connectivity index (χ2v) is 8.42. The van der Waals surface area contributed by atoms with Crippen molar-refractivity contribution < 1.29 is 4.79 Å². The molecule has 1 saturated heterocycles. The second-order valence-electron chi connectivity index (χ2n) is 7.11. The molecule has 7 heteroatoms. The summed E-state index contributed by atoms with van der Waals surface area (Å²) in [6, 6.07) is 20.4. The molecule has 1 aliphatic rings. The second kappa shape index (κ2) is 8.69. The molecule has 0 aliphatic carbocycles. The van der Waals surface area contributed by atoms with E-state index in [1.165, 1.54) is 17.4 Å². The van der Waals surface area contributed by atoms with Crippen molar-refractivity contribution in [3.63, 3.8) is 0 Å². The van der Waals surface area contributed by atoms with Gasteiger partial charge in [-0.25, -0.2) is 0 Å². The van der Waals surface area contributed by atoms with E-state index in [4.69, 9.17) is 0 Å². The predicted molar refractivity (Wildman–Crippen MR) is 117 cm³/mol. The number of carbonyl (C=O) groups is 1. The number of anilines is 1. The molecule has 2 aromatic carbocycles. The first-order chi connectivity index (χ1) is 14.1. The summed E-state index contributed by atoms with van der Waals surface area (Å²) in [6.07, 6.45) is 0. The summed E-state index contributed by atoms with van der Waals surface area (Å²) in [7, 11) is 0. The molecule has 3 aromatic rings. The fourth-order valence-electron chi connectivity index (χ4n) is 3.58. The minimum Gasteiger partial charge on any atom is -0.368 e. The Morgan fingerprint density at radius 3 is 2.10 bits per heavy atom. The third-order valence-electron chi connectivity index (χ3n) is 5.15. The Morgan fingerprint density at radius 2 is 1.48 bits per heavy atom. The minimum absolute atomic E-state index is 0.156.